The van der Waals surface area contributed by atoms with Crippen molar-refractivity contribution in [2.24, 2.45) is 0 Å². The number of piperidine rings is 1. The largest absolute Gasteiger partial charge is 0.351 e. The van der Waals surface area contributed by atoms with Crippen LogP contribution in [0.25, 0.3) is 0 Å². The zero-order valence-electron chi connectivity index (χ0n) is 9.30. The smallest absolute Gasteiger partial charge is 0.309 e. The number of carbonyl (C=O) groups excluding carboxylic acids is 2. The Balaban J connectivity index is 2.36. The molecule has 86 valence electrons. The highest BCUT2D eigenvalue weighted by Crippen LogP contribution is 2.09. The second-order valence-electron chi connectivity index (χ2n) is 3.90. The standard InChI is InChI=1S/C10H19N3O2/c1-7(8-5-3-4-6-12-8)13-10(15)9(14)11-2/h7-8,12H,3-6H2,1-2H3,(H,11,14)(H,13,15). The van der Waals surface area contributed by atoms with Gasteiger partial charge in [0.2, 0.25) is 0 Å². The first-order valence-electron chi connectivity index (χ1n) is 5.41. The molecule has 1 fully saturated rings. The Morgan fingerprint density at radius 1 is 1.33 bits per heavy atom. The molecule has 1 rings (SSSR count). The predicted molar refractivity (Wildman–Crippen MR) is 57.3 cm³/mol. The fourth-order valence-corrected chi connectivity index (χ4v) is 1.79. The van der Waals surface area contributed by atoms with Gasteiger partial charge in [0.25, 0.3) is 0 Å². The lowest BCUT2D eigenvalue weighted by Crippen LogP contribution is -2.52. The molecule has 3 N–H and O–H groups in total. The van der Waals surface area contributed by atoms with Gasteiger partial charge in [-0.15, -0.1) is 0 Å². The molecular weight excluding hydrogens is 194 g/mol. The maximum atomic E-state index is 11.3. The molecule has 2 atom stereocenters. The Hall–Kier alpha value is -1.10. The highest BCUT2D eigenvalue weighted by atomic mass is 16.2. The number of likely N-dealkylation sites (N-methyl/N-ethyl adjacent to an activating group) is 1. The summed E-state index contributed by atoms with van der Waals surface area (Å²) in [6.45, 7) is 2.91. The summed E-state index contributed by atoms with van der Waals surface area (Å²) in [6, 6.07) is 0.280. The van der Waals surface area contributed by atoms with Crippen molar-refractivity contribution >= 4 is 11.8 Å². The van der Waals surface area contributed by atoms with Crippen LogP contribution in [0.5, 0.6) is 0 Å². The van der Waals surface area contributed by atoms with Gasteiger partial charge in [-0.3, -0.25) is 9.59 Å². The minimum Gasteiger partial charge on any atom is -0.351 e. The van der Waals surface area contributed by atoms with Crippen molar-refractivity contribution in [3.8, 4) is 0 Å². The molecule has 0 radical (unpaired) electrons. The molecule has 5 nitrogen and oxygen atoms in total. The molecule has 1 aliphatic rings. The van der Waals surface area contributed by atoms with Crippen molar-refractivity contribution in [1.29, 1.82) is 0 Å². The summed E-state index contributed by atoms with van der Waals surface area (Å²) >= 11 is 0. The molecule has 0 saturated carbocycles. The van der Waals surface area contributed by atoms with Crippen molar-refractivity contribution in [2.45, 2.75) is 38.3 Å². The molecule has 0 aromatic carbocycles. The monoisotopic (exact) mass is 213 g/mol. The number of rotatable bonds is 2. The topological polar surface area (TPSA) is 70.2 Å². The minimum atomic E-state index is -0.586. The van der Waals surface area contributed by atoms with Gasteiger partial charge in [-0.25, -0.2) is 0 Å². The average Bonchev–Trinajstić information content (AvgIpc) is 2.29. The van der Waals surface area contributed by atoms with E-state index in [9.17, 15) is 9.59 Å². The van der Waals surface area contributed by atoms with Gasteiger partial charge in [-0.05, 0) is 26.3 Å². The molecule has 0 spiro atoms. The molecule has 1 aliphatic heterocycles. The fourth-order valence-electron chi connectivity index (χ4n) is 1.79. The zero-order valence-corrected chi connectivity index (χ0v) is 9.30. The van der Waals surface area contributed by atoms with Gasteiger partial charge < -0.3 is 16.0 Å². The van der Waals surface area contributed by atoms with E-state index in [2.05, 4.69) is 16.0 Å². The lowest BCUT2D eigenvalue weighted by molar-refractivity contribution is -0.139. The van der Waals surface area contributed by atoms with Crippen LogP contribution < -0.4 is 16.0 Å². The van der Waals surface area contributed by atoms with E-state index in [0.717, 1.165) is 13.0 Å². The summed E-state index contributed by atoms with van der Waals surface area (Å²) in [5.74, 6) is -1.14. The van der Waals surface area contributed by atoms with E-state index in [1.807, 2.05) is 6.92 Å². The molecule has 0 bridgehead atoms. The number of amides is 2. The average molecular weight is 213 g/mol. The maximum Gasteiger partial charge on any atom is 0.309 e. The molecule has 1 heterocycles. The summed E-state index contributed by atoms with van der Waals surface area (Å²) in [5.41, 5.74) is 0. The summed E-state index contributed by atoms with van der Waals surface area (Å²) in [7, 11) is 1.45. The summed E-state index contributed by atoms with van der Waals surface area (Å²) in [4.78, 5) is 22.3. The van der Waals surface area contributed by atoms with E-state index in [-0.39, 0.29) is 12.1 Å². The van der Waals surface area contributed by atoms with Crippen LogP contribution in [-0.4, -0.2) is 37.5 Å². The van der Waals surface area contributed by atoms with E-state index in [0.29, 0.717) is 0 Å². The maximum absolute atomic E-state index is 11.3. The molecular formula is C10H19N3O2. The summed E-state index contributed by atoms with van der Waals surface area (Å²) in [5, 5.41) is 8.32. The normalized spacial score (nSPS) is 22.9. The Labute approximate surface area is 90.0 Å². The van der Waals surface area contributed by atoms with E-state index < -0.39 is 11.8 Å². The third-order valence-electron chi connectivity index (χ3n) is 2.74. The third kappa shape index (κ3) is 3.51. The second-order valence-corrected chi connectivity index (χ2v) is 3.90. The van der Waals surface area contributed by atoms with Crippen LogP contribution >= 0.6 is 0 Å². The molecule has 5 heteroatoms. The lowest BCUT2D eigenvalue weighted by Gasteiger charge is -2.29. The van der Waals surface area contributed by atoms with Crippen LogP contribution in [0, 0.1) is 0 Å². The highest BCUT2D eigenvalue weighted by Gasteiger charge is 2.22. The van der Waals surface area contributed by atoms with Crippen LogP contribution in [0.3, 0.4) is 0 Å². The third-order valence-corrected chi connectivity index (χ3v) is 2.74. The SMILES string of the molecule is CNC(=O)C(=O)NC(C)C1CCCCN1. The van der Waals surface area contributed by atoms with Gasteiger partial charge in [0.15, 0.2) is 0 Å². The molecule has 15 heavy (non-hydrogen) atoms. The minimum absolute atomic E-state index is 0.00454. The van der Waals surface area contributed by atoms with E-state index in [1.165, 1.54) is 19.9 Å². The number of hydrogen-bond acceptors (Lipinski definition) is 3. The zero-order chi connectivity index (χ0) is 11.3. The van der Waals surface area contributed by atoms with Crippen molar-refractivity contribution in [3.63, 3.8) is 0 Å². The first-order chi connectivity index (χ1) is 7.15. The molecule has 0 aromatic heterocycles. The summed E-state index contributed by atoms with van der Waals surface area (Å²) < 4.78 is 0. The lowest BCUT2D eigenvalue weighted by atomic mass is 9.99. The van der Waals surface area contributed by atoms with Gasteiger partial charge in [0.05, 0.1) is 0 Å². The Morgan fingerprint density at radius 3 is 2.60 bits per heavy atom. The molecule has 0 aromatic rings. The van der Waals surface area contributed by atoms with E-state index in [4.69, 9.17) is 0 Å². The number of hydrogen-bond donors (Lipinski definition) is 3. The number of nitrogens with one attached hydrogen (secondary N) is 3. The van der Waals surface area contributed by atoms with Gasteiger partial charge >= 0.3 is 11.8 Å². The second kappa shape index (κ2) is 5.70. The van der Waals surface area contributed by atoms with Gasteiger partial charge in [0, 0.05) is 19.1 Å². The molecule has 1 saturated heterocycles. The van der Waals surface area contributed by atoms with Crippen LogP contribution in [0.1, 0.15) is 26.2 Å². The molecule has 2 unspecified atom stereocenters. The first kappa shape index (κ1) is 12.0. The van der Waals surface area contributed by atoms with Crippen molar-refractivity contribution in [3.05, 3.63) is 0 Å². The van der Waals surface area contributed by atoms with Crippen LogP contribution in [0.15, 0.2) is 0 Å². The number of carbonyl (C=O) groups is 2. The fraction of sp³-hybridized carbons (Fsp3) is 0.800. The Morgan fingerprint density at radius 2 is 2.07 bits per heavy atom. The Bertz CT molecular complexity index is 237. The summed E-state index contributed by atoms with van der Waals surface area (Å²) in [6.07, 6.45) is 3.42. The van der Waals surface area contributed by atoms with Crippen LogP contribution in [0.2, 0.25) is 0 Å². The predicted octanol–water partition coefficient (Wildman–Crippen LogP) is -0.621. The van der Waals surface area contributed by atoms with Gasteiger partial charge in [-0.1, -0.05) is 6.42 Å². The van der Waals surface area contributed by atoms with Crippen molar-refractivity contribution < 1.29 is 9.59 Å². The molecule has 0 aliphatic carbocycles. The van der Waals surface area contributed by atoms with Gasteiger partial charge in [0.1, 0.15) is 0 Å². The van der Waals surface area contributed by atoms with E-state index >= 15 is 0 Å². The van der Waals surface area contributed by atoms with Crippen molar-refractivity contribution in [2.75, 3.05) is 13.6 Å². The highest BCUT2D eigenvalue weighted by molar-refractivity contribution is 6.35. The van der Waals surface area contributed by atoms with E-state index in [1.54, 1.807) is 0 Å². The van der Waals surface area contributed by atoms with Crippen LogP contribution in [0.4, 0.5) is 0 Å². The quantitative estimate of drug-likeness (QED) is 0.535. The van der Waals surface area contributed by atoms with Gasteiger partial charge in [-0.2, -0.15) is 0 Å². The molecule has 2 amide bonds. The first-order valence-corrected chi connectivity index (χ1v) is 5.41. The Kier molecular flexibility index (Phi) is 4.55. The van der Waals surface area contributed by atoms with Crippen LogP contribution in [-0.2, 0) is 9.59 Å². The van der Waals surface area contributed by atoms with Crippen molar-refractivity contribution in [1.82, 2.24) is 16.0 Å².